The van der Waals surface area contributed by atoms with E-state index in [0.717, 1.165) is 42.9 Å². The smallest absolute Gasteiger partial charge is 0.308 e. The first-order chi connectivity index (χ1) is 17.3. The molecule has 0 bridgehead atoms. The molecule has 0 spiro atoms. The number of pyridine rings is 1. The molecule has 1 N–H and O–H groups in total. The van der Waals surface area contributed by atoms with Gasteiger partial charge in [-0.05, 0) is 37.1 Å². The fourth-order valence-electron chi connectivity index (χ4n) is 4.82. The van der Waals surface area contributed by atoms with Gasteiger partial charge in [0.2, 0.25) is 5.60 Å². The molecule has 2 aliphatic rings. The maximum Gasteiger partial charge on any atom is 0.308 e. The second-order valence-corrected chi connectivity index (χ2v) is 9.81. The predicted octanol–water partition coefficient (Wildman–Crippen LogP) is 4.04. The van der Waals surface area contributed by atoms with Crippen LogP contribution in [0.25, 0.3) is 10.8 Å². The Morgan fingerprint density at radius 3 is 2.64 bits per heavy atom. The first-order valence-electron chi connectivity index (χ1n) is 12.5. The highest BCUT2D eigenvalue weighted by Gasteiger charge is 2.51. The second kappa shape index (κ2) is 11.1. The van der Waals surface area contributed by atoms with E-state index in [-0.39, 0.29) is 18.4 Å². The molecule has 4 rings (SSSR count). The predicted molar refractivity (Wildman–Crippen MR) is 132 cm³/mol. The fraction of sp³-hybridized carbons (Fsp3) is 0.519. The van der Waals surface area contributed by atoms with Gasteiger partial charge in [0.25, 0.3) is 5.91 Å². The summed E-state index contributed by atoms with van der Waals surface area (Å²) >= 11 is 0. The van der Waals surface area contributed by atoms with E-state index >= 15 is 0 Å². The number of fused-ring (bicyclic) bond motifs is 1. The Morgan fingerprint density at radius 1 is 1.17 bits per heavy atom. The van der Waals surface area contributed by atoms with Crippen molar-refractivity contribution >= 4 is 34.1 Å². The van der Waals surface area contributed by atoms with Crippen LogP contribution in [0.4, 0.5) is 4.39 Å². The number of nitrogens with zero attached hydrogens (tertiary/aromatic N) is 2. The molecule has 9 heteroatoms. The van der Waals surface area contributed by atoms with E-state index in [0.29, 0.717) is 11.4 Å². The van der Waals surface area contributed by atoms with Gasteiger partial charge in [-0.25, -0.2) is 4.39 Å². The van der Waals surface area contributed by atoms with Crippen LogP contribution in [-0.2, 0) is 24.0 Å². The largest absolute Gasteiger partial charge is 0.462 e. The standard InChI is InChI=1S/C27H32FN3O5/c1-17(2)27(15-22(31-36-27)25-20-11-7-6-8-18(20)12-13-29-25)26(34)30-21(23(32)16-28)14-24(33)35-19-9-4-3-5-10-19/h6-8,11-13,17,19,21H,3-5,9-10,14-16H2,1-2H3,(H,30,34)/t21-,27?/m0/s1. The molecule has 0 radical (unpaired) electrons. The van der Waals surface area contributed by atoms with Gasteiger partial charge in [0, 0.05) is 23.9 Å². The molecule has 2 heterocycles. The number of halogens is 1. The van der Waals surface area contributed by atoms with Crippen LogP contribution in [0.15, 0.2) is 41.7 Å². The van der Waals surface area contributed by atoms with Gasteiger partial charge in [-0.3, -0.25) is 19.4 Å². The maximum atomic E-state index is 13.5. The van der Waals surface area contributed by atoms with Crippen molar-refractivity contribution in [2.75, 3.05) is 6.67 Å². The lowest BCUT2D eigenvalue weighted by Gasteiger charge is -2.31. The Hall–Kier alpha value is -3.36. The number of amides is 1. The van der Waals surface area contributed by atoms with Crippen LogP contribution in [0, 0.1) is 5.92 Å². The number of oxime groups is 1. The number of Topliss-reactive ketones (excluding diaryl/α,β-unsaturated/α-hetero) is 1. The zero-order chi connectivity index (χ0) is 25.7. The Morgan fingerprint density at radius 2 is 1.92 bits per heavy atom. The lowest BCUT2D eigenvalue weighted by Crippen LogP contribution is -2.56. The van der Waals surface area contributed by atoms with E-state index in [1.165, 1.54) is 0 Å². The quantitative estimate of drug-likeness (QED) is 0.524. The number of benzene rings is 1. The van der Waals surface area contributed by atoms with E-state index in [1.807, 2.05) is 30.3 Å². The molecular weight excluding hydrogens is 465 g/mol. The average molecular weight is 498 g/mol. The number of ketones is 1. The molecule has 2 atom stereocenters. The van der Waals surface area contributed by atoms with E-state index in [2.05, 4.69) is 15.5 Å². The minimum absolute atomic E-state index is 0.112. The minimum atomic E-state index is -1.43. The van der Waals surface area contributed by atoms with E-state index in [4.69, 9.17) is 9.57 Å². The number of alkyl halides is 1. The van der Waals surface area contributed by atoms with Crippen LogP contribution >= 0.6 is 0 Å². The lowest BCUT2D eigenvalue weighted by atomic mass is 9.83. The van der Waals surface area contributed by atoms with E-state index < -0.39 is 42.4 Å². The number of hydrogen-bond acceptors (Lipinski definition) is 7. The topological polar surface area (TPSA) is 107 Å². The zero-order valence-corrected chi connectivity index (χ0v) is 20.7. The molecule has 1 aliphatic carbocycles. The highest BCUT2D eigenvalue weighted by molar-refractivity contribution is 6.12. The minimum Gasteiger partial charge on any atom is -0.462 e. The molecule has 1 saturated carbocycles. The number of nitrogens with one attached hydrogen (secondary N) is 1. The van der Waals surface area contributed by atoms with Crippen molar-refractivity contribution in [3.05, 3.63) is 42.2 Å². The summed E-state index contributed by atoms with van der Waals surface area (Å²) < 4.78 is 18.8. The van der Waals surface area contributed by atoms with Crippen LogP contribution in [0.2, 0.25) is 0 Å². The lowest BCUT2D eigenvalue weighted by molar-refractivity contribution is -0.155. The summed E-state index contributed by atoms with van der Waals surface area (Å²) in [4.78, 5) is 48.5. The van der Waals surface area contributed by atoms with Gasteiger partial charge in [0.05, 0.1) is 12.1 Å². The summed E-state index contributed by atoms with van der Waals surface area (Å²) in [5, 5.41) is 8.61. The number of carbonyl (C=O) groups is 3. The van der Waals surface area contributed by atoms with Crippen molar-refractivity contribution < 1.29 is 28.3 Å². The van der Waals surface area contributed by atoms with E-state index in [1.54, 1.807) is 20.0 Å². The van der Waals surface area contributed by atoms with E-state index in [9.17, 15) is 18.8 Å². The zero-order valence-electron chi connectivity index (χ0n) is 20.7. The Labute approximate surface area is 209 Å². The number of rotatable bonds is 9. The van der Waals surface area contributed by atoms with Gasteiger partial charge in [-0.1, -0.05) is 49.7 Å². The third-order valence-corrected chi connectivity index (χ3v) is 7.06. The van der Waals surface area contributed by atoms with Crippen molar-refractivity contribution in [1.29, 1.82) is 0 Å². The molecule has 1 aromatic carbocycles. The molecule has 1 aromatic heterocycles. The normalized spacial score (nSPS) is 21.1. The van der Waals surface area contributed by atoms with Crippen LogP contribution in [0.5, 0.6) is 0 Å². The second-order valence-electron chi connectivity index (χ2n) is 9.81. The summed E-state index contributed by atoms with van der Waals surface area (Å²) in [6.07, 6.45) is 5.74. The summed E-state index contributed by atoms with van der Waals surface area (Å²) in [6.45, 7) is 2.30. The number of esters is 1. The Kier molecular flexibility index (Phi) is 7.96. The van der Waals surface area contributed by atoms with Gasteiger partial charge >= 0.3 is 5.97 Å². The first kappa shape index (κ1) is 25.7. The van der Waals surface area contributed by atoms with Crippen LogP contribution in [0.1, 0.15) is 64.5 Å². The maximum absolute atomic E-state index is 13.5. The Balaban J connectivity index is 1.49. The Bertz CT molecular complexity index is 1160. The van der Waals surface area contributed by atoms with Crippen molar-refractivity contribution in [2.24, 2.45) is 11.1 Å². The fourth-order valence-corrected chi connectivity index (χ4v) is 4.82. The molecule has 36 heavy (non-hydrogen) atoms. The summed E-state index contributed by atoms with van der Waals surface area (Å²) in [6, 6.07) is 8.23. The number of hydrogen-bond donors (Lipinski definition) is 1. The third-order valence-electron chi connectivity index (χ3n) is 7.06. The molecular formula is C27H32FN3O5. The molecule has 0 saturated heterocycles. The van der Waals surface area contributed by atoms with Crippen LogP contribution in [-0.4, -0.2) is 52.8 Å². The molecule has 8 nitrogen and oxygen atoms in total. The van der Waals surface area contributed by atoms with Gasteiger partial charge in [-0.2, -0.15) is 0 Å². The molecule has 192 valence electrons. The van der Waals surface area contributed by atoms with Gasteiger partial charge in [-0.15, -0.1) is 0 Å². The highest BCUT2D eigenvalue weighted by atomic mass is 19.1. The molecule has 1 fully saturated rings. The van der Waals surface area contributed by atoms with Crippen molar-refractivity contribution in [3.8, 4) is 0 Å². The molecule has 2 aromatic rings. The van der Waals surface area contributed by atoms with Crippen molar-refractivity contribution in [2.45, 2.75) is 76.5 Å². The van der Waals surface area contributed by atoms with Crippen molar-refractivity contribution in [1.82, 2.24) is 10.3 Å². The van der Waals surface area contributed by atoms with Gasteiger partial charge in [0.15, 0.2) is 5.78 Å². The average Bonchev–Trinajstić information content (AvgIpc) is 3.35. The SMILES string of the molecule is CC(C)C1(C(=O)N[C@@H](CC(=O)OC2CCCCC2)C(=O)CF)CC(c2nccc3ccccc23)=NO1. The summed E-state index contributed by atoms with van der Waals surface area (Å²) in [5.41, 5.74) is -0.326. The van der Waals surface area contributed by atoms with Crippen LogP contribution in [0.3, 0.4) is 0 Å². The number of carbonyl (C=O) groups excluding carboxylic acids is 3. The monoisotopic (exact) mass is 497 g/mol. The number of aromatic nitrogens is 1. The summed E-state index contributed by atoms with van der Waals surface area (Å²) in [5.74, 6) is -2.49. The number of ether oxygens (including phenoxy) is 1. The molecule has 1 unspecified atom stereocenters. The molecule has 1 aliphatic heterocycles. The molecule has 1 amide bonds. The van der Waals surface area contributed by atoms with Crippen LogP contribution < -0.4 is 5.32 Å². The van der Waals surface area contributed by atoms with Crippen molar-refractivity contribution in [3.63, 3.8) is 0 Å². The van der Waals surface area contributed by atoms with Gasteiger partial charge < -0.3 is 14.9 Å². The highest BCUT2D eigenvalue weighted by Crippen LogP contribution is 2.35. The third kappa shape index (κ3) is 5.39. The first-order valence-corrected chi connectivity index (χ1v) is 12.5. The van der Waals surface area contributed by atoms with Gasteiger partial charge in [0.1, 0.15) is 24.5 Å². The summed E-state index contributed by atoms with van der Waals surface area (Å²) in [7, 11) is 0.